The van der Waals surface area contributed by atoms with Crippen molar-refractivity contribution in [2.75, 3.05) is 12.5 Å². The number of nitrogens with zero attached hydrogens (tertiary/aromatic N) is 1. The lowest BCUT2D eigenvalue weighted by Gasteiger charge is -2.13. The Morgan fingerprint density at radius 3 is 2.44 bits per heavy atom. The lowest BCUT2D eigenvalue weighted by atomic mass is 10.2. The van der Waals surface area contributed by atoms with Gasteiger partial charge in [-0.25, -0.2) is 0 Å². The monoisotopic (exact) mass is 488 g/mol. The van der Waals surface area contributed by atoms with Crippen LogP contribution in [0.4, 0.5) is 5.69 Å². The van der Waals surface area contributed by atoms with Crippen LogP contribution in [0.1, 0.15) is 11.1 Å². The Hall–Kier alpha value is -2.31. The number of hydrazone groups is 1. The fraction of sp³-hybridized carbons (Fsp3) is 0.0952. The van der Waals surface area contributed by atoms with Crippen molar-refractivity contribution in [3.8, 4) is 11.5 Å². The van der Waals surface area contributed by atoms with E-state index >= 15 is 0 Å². The Balaban J connectivity index is 1.71. The standard InChI is InChI=1S/C21H18Br2N2O2/c1-26-20-12-16(13-24-25-18-5-3-2-4-6-18)11-19(23)21(20)27-14-15-7-9-17(22)10-8-15/h2-13,25H,14H2,1H3/b24-13-. The van der Waals surface area contributed by atoms with Gasteiger partial charge in [-0.3, -0.25) is 5.43 Å². The van der Waals surface area contributed by atoms with Crippen molar-refractivity contribution in [3.05, 3.63) is 86.8 Å². The summed E-state index contributed by atoms with van der Waals surface area (Å²) in [6.07, 6.45) is 1.73. The van der Waals surface area contributed by atoms with E-state index in [0.29, 0.717) is 18.1 Å². The van der Waals surface area contributed by atoms with Crippen molar-refractivity contribution in [3.63, 3.8) is 0 Å². The minimum absolute atomic E-state index is 0.450. The number of rotatable bonds is 7. The van der Waals surface area contributed by atoms with Gasteiger partial charge in [0.25, 0.3) is 0 Å². The summed E-state index contributed by atoms with van der Waals surface area (Å²) >= 11 is 7.00. The molecule has 3 rings (SSSR count). The predicted molar refractivity (Wildman–Crippen MR) is 117 cm³/mol. The van der Waals surface area contributed by atoms with E-state index in [4.69, 9.17) is 9.47 Å². The smallest absolute Gasteiger partial charge is 0.175 e. The van der Waals surface area contributed by atoms with Crippen LogP contribution in [0.2, 0.25) is 0 Å². The Bertz CT molecular complexity index is 913. The molecule has 0 unspecified atom stereocenters. The van der Waals surface area contributed by atoms with Crippen LogP contribution in [0.3, 0.4) is 0 Å². The number of anilines is 1. The molecule has 27 heavy (non-hydrogen) atoms. The first kappa shape index (κ1) is 19.5. The first-order valence-corrected chi connectivity index (χ1v) is 9.83. The van der Waals surface area contributed by atoms with Crippen molar-refractivity contribution < 1.29 is 9.47 Å². The molecule has 0 saturated carbocycles. The van der Waals surface area contributed by atoms with E-state index in [-0.39, 0.29) is 0 Å². The van der Waals surface area contributed by atoms with Crippen molar-refractivity contribution in [1.82, 2.24) is 0 Å². The first-order chi connectivity index (χ1) is 13.2. The third kappa shape index (κ3) is 5.58. The molecule has 3 aromatic carbocycles. The maximum atomic E-state index is 5.97. The average Bonchev–Trinajstić information content (AvgIpc) is 2.69. The highest BCUT2D eigenvalue weighted by Gasteiger charge is 2.11. The molecule has 0 radical (unpaired) electrons. The highest BCUT2D eigenvalue weighted by Crippen LogP contribution is 2.37. The Kier molecular flexibility index (Phi) is 6.90. The first-order valence-electron chi connectivity index (χ1n) is 8.24. The molecule has 0 aromatic heterocycles. The minimum Gasteiger partial charge on any atom is -0.493 e. The molecule has 3 aromatic rings. The summed E-state index contributed by atoms with van der Waals surface area (Å²) in [5.41, 5.74) is 5.88. The minimum atomic E-state index is 0.450. The van der Waals surface area contributed by atoms with Crippen LogP contribution in [-0.4, -0.2) is 13.3 Å². The van der Waals surface area contributed by atoms with E-state index in [2.05, 4.69) is 42.4 Å². The number of halogens is 2. The molecule has 1 N–H and O–H groups in total. The number of ether oxygens (including phenoxy) is 2. The summed E-state index contributed by atoms with van der Waals surface area (Å²) in [5, 5.41) is 4.26. The number of benzene rings is 3. The van der Waals surface area contributed by atoms with Gasteiger partial charge in [0.2, 0.25) is 0 Å². The number of hydrogen-bond acceptors (Lipinski definition) is 4. The van der Waals surface area contributed by atoms with Crippen molar-refractivity contribution >= 4 is 43.8 Å². The summed E-state index contributed by atoms with van der Waals surface area (Å²) in [6, 6.07) is 21.6. The molecule has 0 heterocycles. The molecule has 6 heteroatoms. The van der Waals surface area contributed by atoms with Gasteiger partial charge in [0.05, 0.1) is 23.5 Å². The quantitative estimate of drug-likeness (QED) is 0.315. The number of nitrogens with one attached hydrogen (secondary N) is 1. The van der Waals surface area contributed by atoms with Gasteiger partial charge >= 0.3 is 0 Å². The van der Waals surface area contributed by atoms with Gasteiger partial charge in [-0.2, -0.15) is 5.10 Å². The molecule has 0 spiro atoms. The molecule has 0 aliphatic heterocycles. The van der Waals surface area contributed by atoms with E-state index < -0.39 is 0 Å². The van der Waals surface area contributed by atoms with Gasteiger partial charge in [-0.05, 0) is 63.5 Å². The number of methoxy groups -OCH3 is 1. The van der Waals surface area contributed by atoms with Crippen LogP contribution in [0, 0.1) is 0 Å². The number of hydrogen-bond donors (Lipinski definition) is 1. The summed E-state index contributed by atoms with van der Waals surface area (Å²) in [6.45, 7) is 0.450. The molecule has 0 saturated heterocycles. The average molecular weight is 490 g/mol. The molecule has 138 valence electrons. The topological polar surface area (TPSA) is 42.8 Å². The maximum absolute atomic E-state index is 5.97. The third-order valence-electron chi connectivity index (χ3n) is 3.73. The fourth-order valence-electron chi connectivity index (χ4n) is 2.38. The SMILES string of the molecule is COc1cc(/C=N\Nc2ccccc2)cc(Br)c1OCc1ccc(Br)cc1. The van der Waals surface area contributed by atoms with E-state index in [1.807, 2.05) is 66.7 Å². The normalized spacial score (nSPS) is 10.8. The highest BCUT2D eigenvalue weighted by molar-refractivity contribution is 9.10. The Morgan fingerprint density at radius 2 is 1.74 bits per heavy atom. The van der Waals surface area contributed by atoms with Crippen LogP contribution >= 0.6 is 31.9 Å². The van der Waals surface area contributed by atoms with Gasteiger partial charge in [-0.1, -0.05) is 46.3 Å². The Morgan fingerprint density at radius 1 is 1.00 bits per heavy atom. The molecule has 0 aliphatic carbocycles. The molecule has 0 atom stereocenters. The maximum Gasteiger partial charge on any atom is 0.175 e. The lowest BCUT2D eigenvalue weighted by molar-refractivity contribution is 0.282. The van der Waals surface area contributed by atoms with Gasteiger partial charge in [0.15, 0.2) is 11.5 Å². The van der Waals surface area contributed by atoms with Crippen LogP contribution in [0.15, 0.2) is 80.8 Å². The van der Waals surface area contributed by atoms with Crippen LogP contribution < -0.4 is 14.9 Å². The van der Waals surface area contributed by atoms with Crippen LogP contribution in [0.25, 0.3) is 0 Å². The van der Waals surface area contributed by atoms with Crippen LogP contribution in [-0.2, 0) is 6.61 Å². The molecule has 0 bridgehead atoms. The zero-order valence-corrected chi connectivity index (χ0v) is 17.8. The fourth-order valence-corrected chi connectivity index (χ4v) is 3.22. The largest absolute Gasteiger partial charge is 0.493 e. The second-order valence-corrected chi connectivity index (χ2v) is 7.46. The number of para-hydroxylation sites is 1. The summed E-state index contributed by atoms with van der Waals surface area (Å²) in [5.74, 6) is 1.30. The van der Waals surface area contributed by atoms with E-state index in [1.165, 1.54) is 0 Å². The van der Waals surface area contributed by atoms with Crippen molar-refractivity contribution in [1.29, 1.82) is 0 Å². The van der Waals surface area contributed by atoms with Crippen molar-refractivity contribution in [2.24, 2.45) is 5.10 Å². The molecule has 0 aliphatic rings. The van der Waals surface area contributed by atoms with Crippen molar-refractivity contribution in [2.45, 2.75) is 6.61 Å². The molecule has 0 fully saturated rings. The summed E-state index contributed by atoms with van der Waals surface area (Å²) in [4.78, 5) is 0. The molecule has 0 amide bonds. The van der Waals surface area contributed by atoms with Crippen LogP contribution in [0.5, 0.6) is 11.5 Å². The van der Waals surface area contributed by atoms with E-state index in [0.717, 1.165) is 25.8 Å². The predicted octanol–water partition coefficient (Wildman–Crippen LogP) is 6.25. The van der Waals surface area contributed by atoms with E-state index in [9.17, 15) is 0 Å². The summed E-state index contributed by atoms with van der Waals surface area (Å²) < 4.78 is 13.3. The molecular weight excluding hydrogens is 472 g/mol. The Labute approximate surface area is 175 Å². The van der Waals surface area contributed by atoms with Gasteiger partial charge < -0.3 is 9.47 Å². The lowest BCUT2D eigenvalue weighted by Crippen LogP contribution is -2.00. The zero-order chi connectivity index (χ0) is 19.1. The second kappa shape index (κ2) is 9.58. The van der Waals surface area contributed by atoms with Gasteiger partial charge in [0.1, 0.15) is 6.61 Å². The van der Waals surface area contributed by atoms with Gasteiger partial charge in [-0.15, -0.1) is 0 Å². The second-order valence-electron chi connectivity index (χ2n) is 5.69. The van der Waals surface area contributed by atoms with E-state index in [1.54, 1.807) is 13.3 Å². The summed E-state index contributed by atoms with van der Waals surface area (Å²) in [7, 11) is 1.62. The molecule has 4 nitrogen and oxygen atoms in total. The zero-order valence-electron chi connectivity index (χ0n) is 14.7. The molecular formula is C21H18Br2N2O2. The van der Waals surface area contributed by atoms with Gasteiger partial charge in [0, 0.05) is 4.47 Å². The third-order valence-corrected chi connectivity index (χ3v) is 4.85. The highest BCUT2D eigenvalue weighted by atomic mass is 79.9.